The minimum absolute atomic E-state index is 0.0622. The lowest BCUT2D eigenvalue weighted by Gasteiger charge is -2.29. The van der Waals surface area contributed by atoms with Crippen LogP contribution in [0.15, 0.2) is 0 Å². The van der Waals surface area contributed by atoms with Crippen molar-refractivity contribution in [3.63, 3.8) is 0 Å². The number of hydrogen-bond donors (Lipinski definition) is 3. The van der Waals surface area contributed by atoms with E-state index in [4.69, 9.17) is 62.7 Å². The van der Waals surface area contributed by atoms with Crippen molar-refractivity contribution in [1.29, 1.82) is 0 Å². The van der Waals surface area contributed by atoms with Crippen LogP contribution in [0.1, 0.15) is 96.8 Å². The summed E-state index contributed by atoms with van der Waals surface area (Å²) >= 11 is 0. The molecule has 0 spiro atoms. The summed E-state index contributed by atoms with van der Waals surface area (Å²) in [5, 5.41) is 26.9. The van der Waals surface area contributed by atoms with Gasteiger partial charge in [0.05, 0.1) is 112 Å². The predicted molar refractivity (Wildman–Crippen MR) is 196 cm³/mol. The zero-order valence-electron chi connectivity index (χ0n) is 32.3. The van der Waals surface area contributed by atoms with Gasteiger partial charge in [0.2, 0.25) is 0 Å². The van der Waals surface area contributed by atoms with Crippen LogP contribution in [0.3, 0.4) is 0 Å². The first kappa shape index (κ1) is 49.0. The van der Waals surface area contributed by atoms with Crippen molar-refractivity contribution in [2.24, 2.45) is 0 Å². The first-order valence-corrected chi connectivity index (χ1v) is 20.0. The molecule has 0 aliphatic carbocycles. The largest absolute Gasteiger partial charge is 0.463 e. The SMILES string of the molecule is CCCCCCCCCCCCCCCC(=O)OCCOCCOCC(OCCOCCO)C1OCC(OCCOCCO)C1OCCOCCO. The number of aliphatic hydroxyl groups excluding tert-OH is 3. The monoisotopic (exact) mass is 755 g/mol. The third kappa shape index (κ3) is 28.4. The molecular weight excluding hydrogens is 680 g/mol. The second-order valence-electron chi connectivity index (χ2n) is 12.9. The topological polar surface area (TPSA) is 170 Å². The average Bonchev–Trinajstić information content (AvgIpc) is 3.55. The number of ether oxygens (including phenoxy) is 10. The lowest BCUT2D eigenvalue weighted by molar-refractivity contribution is -0.146. The van der Waals surface area contributed by atoms with Gasteiger partial charge < -0.3 is 62.7 Å². The predicted octanol–water partition coefficient (Wildman–Crippen LogP) is 3.63. The van der Waals surface area contributed by atoms with Crippen molar-refractivity contribution in [1.82, 2.24) is 0 Å². The van der Waals surface area contributed by atoms with Crippen LogP contribution in [-0.4, -0.2) is 165 Å². The van der Waals surface area contributed by atoms with Gasteiger partial charge in [0.15, 0.2) is 0 Å². The summed E-state index contributed by atoms with van der Waals surface area (Å²) in [6.07, 6.45) is 15.0. The van der Waals surface area contributed by atoms with Crippen molar-refractivity contribution >= 4 is 5.97 Å². The summed E-state index contributed by atoms with van der Waals surface area (Å²) < 4.78 is 57.2. The summed E-state index contributed by atoms with van der Waals surface area (Å²) in [6.45, 7) is 5.97. The fourth-order valence-corrected chi connectivity index (χ4v) is 5.76. The number of esters is 1. The molecule has 1 heterocycles. The average molecular weight is 755 g/mol. The molecule has 1 saturated heterocycles. The molecule has 1 aliphatic heterocycles. The van der Waals surface area contributed by atoms with Crippen molar-refractivity contribution in [2.75, 3.05) is 119 Å². The summed E-state index contributed by atoms with van der Waals surface area (Å²) in [6, 6.07) is 0. The van der Waals surface area contributed by atoms with Crippen molar-refractivity contribution in [3.8, 4) is 0 Å². The quantitative estimate of drug-likeness (QED) is 0.0611. The third-order valence-electron chi connectivity index (χ3n) is 8.50. The first-order valence-electron chi connectivity index (χ1n) is 20.0. The molecule has 0 aromatic rings. The molecule has 52 heavy (non-hydrogen) atoms. The molecule has 1 fully saturated rings. The van der Waals surface area contributed by atoms with E-state index in [1.54, 1.807) is 0 Å². The third-order valence-corrected chi connectivity index (χ3v) is 8.50. The Morgan fingerprint density at radius 3 is 1.65 bits per heavy atom. The van der Waals surface area contributed by atoms with E-state index in [0.29, 0.717) is 39.5 Å². The minimum Gasteiger partial charge on any atom is -0.463 e. The van der Waals surface area contributed by atoms with Crippen LogP contribution < -0.4 is 0 Å². The van der Waals surface area contributed by atoms with Gasteiger partial charge in [0.25, 0.3) is 0 Å². The second kappa shape index (κ2) is 38.3. The molecule has 0 saturated carbocycles. The van der Waals surface area contributed by atoms with Crippen molar-refractivity contribution in [3.05, 3.63) is 0 Å². The maximum Gasteiger partial charge on any atom is 0.305 e. The highest BCUT2D eigenvalue weighted by Crippen LogP contribution is 2.25. The second-order valence-corrected chi connectivity index (χ2v) is 12.9. The summed E-state index contributed by atoms with van der Waals surface area (Å²) in [5.74, 6) is -0.181. The number of rotatable bonds is 41. The Morgan fingerprint density at radius 2 is 1.06 bits per heavy atom. The molecule has 0 radical (unpaired) electrons. The van der Waals surface area contributed by atoms with Crippen LogP contribution in [0, 0.1) is 0 Å². The van der Waals surface area contributed by atoms with Crippen LogP contribution in [0.4, 0.5) is 0 Å². The van der Waals surface area contributed by atoms with Crippen LogP contribution >= 0.6 is 0 Å². The van der Waals surface area contributed by atoms with E-state index in [1.165, 1.54) is 70.6 Å². The van der Waals surface area contributed by atoms with Gasteiger partial charge in [-0.1, -0.05) is 84.0 Å². The van der Waals surface area contributed by atoms with Crippen LogP contribution in [0.25, 0.3) is 0 Å². The molecule has 0 aromatic heterocycles. The summed E-state index contributed by atoms with van der Waals surface area (Å²) in [4.78, 5) is 12.1. The van der Waals surface area contributed by atoms with Crippen molar-refractivity contribution in [2.45, 2.75) is 121 Å². The fraction of sp³-hybridized carbons (Fsp3) is 0.974. The zero-order chi connectivity index (χ0) is 37.6. The summed E-state index contributed by atoms with van der Waals surface area (Å²) in [5.41, 5.74) is 0. The fourth-order valence-electron chi connectivity index (χ4n) is 5.76. The van der Waals surface area contributed by atoms with Crippen molar-refractivity contribution < 1.29 is 67.5 Å². The Hall–Kier alpha value is -1.01. The maximum atomic E-state index is 12.1. The van der Waals surface area contributed by atoms with Gasteiger partial charge in [-0.25, -0.2) is 0 Å². The number of hydrogen-bond acceptors (Lipinski definition) is 14. The number of unbranched alkanes of at least 4 members (excludes halogenated alkanes) is 12. The van der Waals surface area contributed by atoms with E-state index in [9.17, 15) is 4.79 Å². The molecule has 1 rings (SSSR count). The van der Waals surface area contributed by atoms with E-state index in [2.05, 4.69) is 6.92 Å². The normalized spacial score (nSPS) is 18.0. The maximum absolute atomic E-state index is 12.1. The van der Waals surface area contributed by atoms with Gasteiger partial charge in [-0.05, 0) is 6.42 Å². The van der Waals surface area contributed by atoms with Crippen LogP contribution in [0.5, 0.6) is 0 Å². The highest BCUT2D eigenvalue weighted by Gasteiger charge is 2.44. The molecular formula is C38H74O14. The van der Waals surface area contributed by atoms with E-state index in [0.717, 1.165) is 12.8 Å². The van der Waals surface area contributed by atoms with Crippen LogP contribution in [-0.2, 0) is 52.2 Å². The van der Waals surface area contributed by atoms with Crippen LogP contribution in [0.2, 0.25) is 0 Å². The standard InChI is InChI=1S/C38H74O14/c1-2-3-4-5-6-7-8-9-10-11-12-13-14-15-36(42)50-30-26-46-22-23-47-32-34(48-28-24-43-19-16-39)38-37(51-31-27-45-21-18-41)35(33-52-38)49-29-25-44-20-17-40/h34-35,37-41H,2-33H2,1H3. The zero-order valence-corrected chi connectivity index (χ0v) is 32.3. The Kier molecular flexibility index (Phi) is 36.1. The number of aliphatic hydroxyl groups is 3. The van der Waals surface area contributed by atoms with E-state index >= 15 is 0 Å². The number of carbonyl (C=O) groups excluding carboxylic acids is 1. The highest BCUT2D eigenvalue weighted by molar-refractivity contribution is 5.69. The van der Waals surface area contributed by atoms with Gasteiger partial charge in [-0.2, -0.15) is 0 Å². The Balaban J connectivity index is 2.31. The number of carbonyl (C=O) groups is 1. The summed E-state index contributed by atoms with van der Waals surface area (Å²) in [7, 11) is 0. The first-order chi connectivity index (χ1) is 25.7. The Labute approximate surface area is 313 Å². The molecule has 14 nitrogen and oxygen atoms in total. The molecule has 1 aliphatic rings. The lowest BCUT2D eigenvalue weighted by Crippen LogP contribution is -2.46. The Morgan fingerprint density at radius 1 is 0.577 bits per heavy atom. The molecule has 310 valence electrons. The smallest absolute Gasteiger partial charge is 0.305 e. The molecule has 4 unspecified atom stereocenters. The molecule has 0 aromatic carbocycles. The lowest BCUT2D eigenvalue weighted by atomic mass is 10.0. The van der Waals surface area contributed by atoms with E-state index in [-0.39, 0.29) is 91.9 Å². The molecule has 0 amide bonds. The van der Waals surface area contributed by atoms with Gasteiger partial charge >= 0.3 is 5.97 Å². The molecule has 3 N–H and O–H groups in total. The van der Waals surface area contributed by atoms with Gasteiger partial charge in [0, 0.05) is 6.42 Å². The van der Waals surface area contributed by atoms with Gasteiger partial charge in [0.1, 0.15) is 31.0 Å². The minimum atomic E-state index is -0.522. The highest BCUT2D eigenvalue weighted by atomic mass is 16.6. The van der Waals surface area contributed by atoms with E-state index < -0.39 is 24.4 Å². The van der Waals surface area contributed by atoms with Gasteiger partial charge in [-0.3, -0.25) is 4.79 Å². The van der Waals surface area contributed by atoms with Gasteiger partial charge in [-0.15, -0.1) is 0 Å². The Bertz CT molecular complexity index is 749. The molecule has 4 atom stereocenters. The molecule has 14 heteroatoms. The van der Waals surface area contributed by atoms with E-state index in [1.807, 2.05) is 0 Å². The molecule has 0 bridgehead atoms.